The average molecular weight is 440 g/mol. The lowest BCUT2D eigenvalue weighted by molar-refractivity contribution is -0.143. The van der Waals surface area contributed by atoms with E-state index in [1.807, 2.05) is 6.07 Å². The van der Waals surface area contributed by atoms with E-state index in [-0.39, 0.29) is 40.9 Å². The predicted molar refractivity (Wildman–Crippen MR) is 126 cm³/mol. The molecule has 1 aromatic carbocycles. The van der Waals surface area contributed by atoms with Crippen LogP contribution in [-0.2, 0) is 26.8 Å². The molecule has 1 aliphatic carbocycles. The fraction of sp³-hybridized carbons (Fsp3) is 0.556. The van der Waals surface area contributed by atoms with Gasteiger partial charge in [-0.25, -0.2) is 0 Å². The molecule has 0 fully saturated rings. The van der Waals surface area contributed by atoms with Crippen molar-refractivity contribution >= 4 is 11.9 Å². The van der Waals surface area contributed by atoms with E-state index < -0.39 is 0 Å². The van der Waals surface area contributed by atoms with Crippen LogP contribution in [0.1, 0.15) is 99.4 Å². The number of ether oxygens (including phenoxy) is 1. The SMILES string of the molecule is CCOC(=O)CC(C)NC(=O)c1ccc(Cc2cc3c(cc2C)C(C)(C)CCC3(C)C)o1. The monoisotopic (exact) mass is 439 g/mol. The molecule has 5 heteroatoms. The molecule has 0 saturated heterocycles. The maximum atomic E-state index is 12.5. The number of esters is 1. The van der Waals surface area contributed by atoms with Crippen LogP contribution in [0.25, 0.3) is 0 Å². The first kappa shape index (κ1) is 24.1. The Hall–Kier alpha value is -2.56. The normalized spacial score (nSPS) is 17.3. The highest BCUT2D eigenvalue weighted by molar-refractivity contribution is 5.92. The molecule has 0 spiro atoms. The van der Waals surface area contributed by atoms with Crippen molar-refractivity contribution in [1.82, 2.24) is 5.32 Å². The summed E-state index contributed by atoms with van der Waals surface area (Å²) in [5.74, 6) is 0.365. The van der Waals surface area contributed by atoms with Crippen LogP contribution in [0.4, 0.5) is 0 Å². The number of nitrogens with one attached hydrogen (secondary N) is 1. The maximum absolute atomic E-state index is 12.5. The molecular weight excluding hydrogens is 402 g/mol. The lowest BCUT2D eigenvalue weighted by Gasteiger charge is -2.42. The van der Waals surface area contributed by atoms with Crippen LogP contribution in [0, 0.1) is 6.92 Å². The van der Waals surface area contributed by atoms with Gasteiger partial charge >= 0.3 is 5.97 Å². The van der Waals surface area contributed by atoms with Gasteiger partial charge in [-0.3, -0.25) is 9.59 Å². The van der Waals surface area contributed by atoms with Gasteiger partial charge in [0.05, 0.1) is 13.0 Å². The predicted octanol–water partition coefficient (Wildman–Crippen LogP) is 5.60. The van der Waals surface area contributed by atoms with Crippen LogP contribution in [0.15, 0.2) is 28.7 Å². The number of carbonyl (C=O) groups is 2. The summed E-state index contributed by atoms with van der Waals surface area (Å²) in [6.07, 6.45) is 3.14. The van der Waals surface area contributed by atoms with E-state index in [1.165, 1.54) is 35.1 Å². The Kier molecular flexibility index (Phi) is 6.87. The molecule has 1 aromatic heterocycles. The van der Waals surface area contributed by atoms with Gasteiger partial charge in [-0.15, -0.1) is 0 Å². The van der Waals surface area contributed by atoms with Gasteiger partial charge in [-0.05, 0) is 78.8 Å². The third-order valence-electron chi connectivity index (χ3n) is 6.72. The van der Waals surface area contributed by atoms with Crippen LogP contribution < -0.4 is 5.32 Å². The van der Waals surface area contributed by atoms with Crippen molar-refractivity contribution in [1.29, 1.82) is 0 Å². The summed E-state index contributed by atoms with van der Waals surface area (Å²) in [6, 6.07) is 7.92. The molecule has 0 radical (unpaired) electrons. The van der Waals surface area contributed by atoms with Crippen LogP contribution in [-0.4, -0.2) is 24.5 Å². The third-order valence-corrected chi connectivity index (χ3v) is 6.72. The smallest absolute Gasteiger partial charge is 0.307 e. The largest absolute Gasteiger partial charge is 0.466 e. The second-order valence-corrected chi connectivity index (χ2v) is 10.4. The van der Waals surface area contributed by atoms with Gasteiger partial charge in [-0.1, -0.05) is 39.8 Å². The lowest BCUT2D eigenvalue weighted by Crippen LogP contribution is -2.34. The van der Waals surface area contributed by atoms with Gasteiger partial charge < -0.3 is 14.5 Å². The van der Waals surface area contributed by atoms with Crippen molar-refractivity contribution in [2.45, 2.75) is 91.0 Å². The molecule has 174 valence electrons. The van der Waals surface area contributed by atoms with E-state index in [9.17, 15) is 9.59 Å². The molecule has 0 bridgehead atoms. The second kappa shape index (κ2) is 9.13. The fourth-order valence-electron chi connectivity index (χ4n) is 4.56. The summed E-state index contributed by atoms with van der Waals surface area (Å²) in [5, 5.41) is 2.80. The van der Waals surface area contributed by atoms with E-state index in [1.54, 1.807) is 19.9 Å². The zero-order valence-corrected chi connectivity index (χ0v) is 20.6. The zero-order valence-electron chi connectivity index (χ0n) is 20.6. The Morgan fingerprint density at radius 1 is 1.09 bits per heavy atom. The molecule has 0 saturated carbocycles. The highest BCUT2D eigenvalue weighted by atomic mass is 16.5. The summed E-state index contributed by atoms with van der Waals surface area (Å²) in [4.78, 5) is 24.1. The van der Waals surface area contributed by atoms with Crippen molar-refractivity contribution in [3.8, 4) is 0 Å². The second-order valence-electron chi connectivity index (χ2n) is 10.4. The number of aryl methyl sites for hydroxylation is 1. The first-order valence-corrected chi connectivity index (χ1v) is 11.6. The molecule has 1 amide bonds. The summed E-state index contributed by atoms with van der Waals surface area (Å²) >= 11 is 0. The Morgan fingerprint density at radius 2 is 1.72 bits per heavy atom. The number of fused-ring (bicyclic) bond motifs is 1. The van der Waals surface area contributed by atoms with Crippen LogP contribution >= 0.6 is 0 Å². The average Bonchev–Trinajstić information content (AvgIpc) is 3.15. The first-order chi connectivity index (χ1) is 14.9. The third kappa shape index (κ3) is 5.25. The molecule has 3 rings (SSSR count). The number of hydrogen-bond acceptors (Lipinski definition) is 4. The molecule has 1 unspecified atom stereocenters. The number of rotatable bonds is 7. The molecular formula is C27H37NO4. The summed E-state index contributed by atoms with van der Waals surface area (Å²) in [7, 11) is 0. The molecule has 1 aliphatic rings. The molecule has 32 heavy (non-hydrogen) atoms. The molecule has 5 nitrogen and oxygen atoms in total. The van der Waals surface area contributed by atoms with Gasteiger partial charge in [-0.2, -0.15) is 0 Å². The highest BCUT2D eigenvalue weighted by Gasteiger charge is 2.37. The first-order valence-electron chi connectivity index (χ1n) is 11.6. The molecule has 2 aromatic rings. The van der Waals surface area contributed by atoms with E-state index in [2.05, 4.69) is 52.1 Å². The Bertz CT molecular complexity index is 999. The standard InChI is InChI=1S/C27H37NO4/c1-8-31-24(29)14-18(3)28-25(30)23-10-9-20(32-23)15-19-16-22-21(13-17(19)2)26(4,5)11-12-27(22,6)7/h9-10,13,16,18H,8,11-12,14-15H2,1-7H3,(H,28,30). The summed E-state index contributed by atoms with van der Waals surface area (Å²) in [5.41, 5.74) is 5.68. The summed E-state index contributed by atoms with van der Waals surface area (Å²) in [6.45, 7) is 15.3. The van der Waals surface area contributed by atoms with Gasteiger partial charge in [0.15, 0.2) is 5.76 Å². The van der Waals surface area contributed by atoms with Crippen LogP contribution in [0.5, 0.6) is 0 Å². The number of amides is 1. The van der Waals surface area contributed by atoms with Gasteiger partial charge in [0.1, 0.15) is 5.76 Å². The van der Waals surface area contributed by atoms with Gasteiger partial charge in [0.25, 0.3) is 5.91 Å². The number of hydrogen-bond donors (Lipinski definition) is 1. The number of benzene rings is 1. The Labute approximate surface area is 191 Å². The minimum absolute atomic E-state index is 0.133. The van der Waals surface area contributed by atoms with E-state index in [0.717, 1.165) is 5.76 Å². The minimum atomic E-state index is -0.330. The highest BCUT2D eigenvalue weighted by Crippen LogP contribution is 2.46. The van der Waals surface area contributed by atoms with Crippen molar-refractivity contribution in [3.63, 3.8) is 0 Å². The van der Waals surface area contributed by atoms with Gasteiger partial charge in [0, 0.05) is 12.5 Å². The van der Waals surface area contributed by atoms with Crippen LogP contribution in [0.3, 0.4) is 0 Å². The van der Waals surface area contributed by atoms with Crippen LogP contribution in [0.2, 0.25) is 0 Å². The minimum Gasteiger partial charge on any atom is -0.466 e. The van der Waals surface area contributed by atoms with E-state index >= 15 is 0 Å². The lowest BCUT2D eigenvalue weighted by atomic mass is 9.62. The zero-order chi connectivity index (χ0) is 23.7. The fourth-order valence-corrected chi connectivity index (χ4v) is 4.56. The quantitative estimate of drug-likeness (QED) is 0.570. The topological polar surface area (TPSA) is 68.5 Å². The molecule has 1 heterocycles. The van der Waals surface area contributed by atoms with E-state index in [0.29, 0.717) is 13.0 Å². The van der Waals surface area contributed by atoms with E-state index in [4.69, 9.17) is 9.15 Å². The molecule has 1 N–H and O–H groups in total. The van der Waals surface area contributed by atoms with Gasteiger partial charge in [0.2, 0.25) is 0 Å². The Balaban J connectivity index is 1.74. The summed E-state index contributed by atoms with van der Waals surface area (Å²) < 4.78 is 10.8. The molecule has 0 aliphatic heterocycles. The van der Waals surface area contributed by atoms with Crippen molar-refractivity contribution < 1.29 is 18.7 Å². The van der Waals surface area contributed by atoms with Crippen molar-refractivity contribution in [3.05, 3.63) is 58.0 Å². The molecule has 1 atom stereocenters. The Morgan fingerprint density at radius 3 is 2.34 bits per heavy atom. The van der Waals surface area contributed by atoms with Crippen molar-refractivity contribution in [2.24, 2.45) is 0 Å². The maximum Gasteiger partial charge on any atom is 0.307 e. The number of furan rings is 1. The number of carbonyl (C=O) groups excluding carboxylic acids is 2. The van der Waals surface area contributed by atoms with Crippen molar-refractivity contribution in [2.75, 3.05) is 6.61 Å².